The zero-order valence-electron chi connectivity index (χ0n) is 8.54. The fourth-order valence-electron chi connectivity index (χ4n) is 1.21. The third-order valence-electron chi connectivity index (χ3n) is 2.13. The zero-order chi connectivity index (χ0) is 11.8. The Labute approximate surface area is 95.2 Å². The van der Waals surface area contributed by atoms with E-state index in [1.54, 1.807) is 6.26 Å². The van der Waals surface area contributed by atoms with Crippen molar-refractivity contribution in [3.63, 3.8) is 0 Å². The molecular formula is C10H10F3NOS. The quantitative estimate of drug-likeness (QED) is 0.767. The van der Waals surface area contributed by atoms with Gasteiger partial charge in [-0.3, -0.25) is 0 Å². The fourth-order valence-corrected chi connectivity index (χ4v) is 1.59. The molecule has 1 aromatic rings. The third-order valence-corrected chi connectivity index (χ3v) is 2.77. The molecule has 1 saturated carbocycles. The maximum Gasteiger partial charge on any atom is 0.437 e. The number of hydrogen-bond donors (Lipinski definition) is 0. The molecule has 2 nitrogen and oxygen atoms in total. The largest absolute Gasteiger partial charge is 0.488 e. The Kier molecular flexibility index (Phi) is 3.01. The Morgan fingerprint density at radius 2 is 2.06 bits per heavy atom. The Hall–Kier alpha value is -0.910. The molecule has 1 heterocycles. The number of pyridine rings is 1. The molecule has 1 aliphatic carbocycles. The summed E-state index contributed by atoms with van der Waals surface area (Å²) in [5, 5.41) is 0.343. The highest BCUT2D eigenvalue weighted by Crippen LogP contribution is 2.38. The smallest absolute Gasteiger partial charge is 0.437 e. The van der Waals surface area contributed by atoms with Crippen LogP contribution in [0.5, 0.6) is 5.75 Å². The van der Waals surface area contributed by atoms with E-state index < -0.39 is 11.9 Å². The first-order valence-corrected chi connectivity index (χ1v) is 6.02. The lowest BCUT2D eigenvalue weighted by molar-refractivity contribution is -0.143. The van der Waals surface area contributed by atoms with Crippen molar-refractivity contribution >= 4 is 11.8 Å². The average Bonchev–Trinajstić information content (AvgIpc) is 3.01. The van der Waals surface area contributed by atoms with Gasteiger partial charge in [0.25, 0.3) is 0 Å². The van der Waals surface area contributed by atoms with Crippen LogP contribution in [0.3, 0.4) is 0 Å². The van der Waals surface area contributed by atoms with Crippen molar-refractivity contribution in [2.45, 2.75) is 30.1 Å². The lowest BCUT2D eigenvalue weighted by Gasteiger charge is -2.13. The van der Waals surface area contributed by atoms with E-state index in [1.165, 1.54) is 23.9 Å². The van der Waals surface area contributed by atoms with Crippen molar-refractivity contribution < 1.29 is 17.9 Å². The highest BCUT2D eigenvalue weighted by molar-refractivity contribution is 7.98. The fraction of sp³-hybridized carbons (Fsp3) is 0.500. The first kappa shape index (κ1) is 11.6. The second-order valence-corrected chi connectivity index (χ2v) is 4.34. The number of aromatic nitrogens is 1. The minimum absolute atomic E-state index is 0.0666. The lowest BCUT2D eigenvalue weighted by Crippen LogP contribution is -2.12. The molecule has 1 aromatic heterocycles. The molecule has 0 aromatic carbocycles. The van der Waals surface area contributed by atoms with E-state index >= 15 is 0 Å². The van der Waals surface area contributed by atoms with E-state index in [-0.39, 0.29) is 11.9 Å². The van der Waals surface area contributed by atoms with Crippen LogP contribution < -0.4 is 4.74 Å². The van der Waals surface area contributed by atoms with Crippen molar-refractivity contribution in [1.29, 1.82) is 0 Å². The van der Waals surface area contributed by atoms with E-state index in [0.29, 0.717) is 5.03 Å². The van der Waals surface area contributed by atoms with E-state index in [4.69, 9.17) is 4.74 Å². The first-order chi connectivity index (χ1) is 7.50. The summed E-state index contributed by atoms with van der Waals surface area (Å²) in [6, 6.07) is 2.89. The number of halogens is 3. The Balaban J connectivity index is 2.33. The standard InChI is InChI=1S/C10H10F3NOS/c1-16-8-5-4-7(15-6-2-3-6)9(14-8)10(11,12)13/h4-6H,2-3H2,1H3. The van der Waals surface area contributed by atoms with Crippen LogP contribution in [0.4, 0.5) is 13.2 Å². The summed E-state index contributed by atoms with van der Waals surface area (Å²) in [6.07, 6.45) is -1.20. The van der Waals surface area contributed by atoms with Crippen LogP contribution in [0.1, 0.15) is 18.5 Å². The molecule has 0 atom stereocenters. The van der Waals surface area contributed by atoms with Crippen molar-refractivity contribution in [2.75, 3.05) is 6.26 Å². The maximum atomic E-state index is 12.7. The summed E-state index contributed by atoms with van der Waals surface area (Å²) in [4.78, 5) is 3.56. The topological polar surface area (TPSA) is 22.1 Å². The molecule has 1 fully saturated rings. The van der Waals surface area contributed by atoms with Crippen molar-refractivity contribution in [2.24, 2.45) is 0 Å². The highest BCUT2D eigenvalue weighted by Gasteiger charge is 2.38. The van der Waals surface area contributed by atoms with Crippen LogP contribution in [0, 0.1) is 0 Å². The number of hydrogen-bond acceptors (Lipinski definition) is 3. The Bertz CT molecular complexity index is 390. The van der Waals surface area contributed by atoms with Gasteiger partial charge in [-0.25, -0.2) is 4.98 Å². The molecule has 88 valence electrons. The van der Waals surface area contributed by atoms with Gasteiger partial charge in [0.1, 0.15) is 0 Å². The van der Waals surface area contributed by atoms with Gasteiger partial charge in [-0.1, -0.05) is 0 Å². The van der Waals surface area contributed by atoms with Crippen molar-refractivity contribution in [3.05, 3.63) is 17.8 Å². The summed E-state index contributed by atoms with van der Waals surface area (Å²) < 4.78 is 43.2. The third kappa shape index (κ3) is 2.61. The van der Waals surface area contributed by atoms with Gasteiger partial charge >= 0.3 is 6.18 Å². The van der Waals surface area contributed by atoms with E-state index in [9.17, 15) is 13.2 Å². The van der Waals surface area contributed by atoms with Crippen LogP contribution in [-0.4, -0.2) is 17.3 Å². The zero-order valence-corrected chi connectivity index (χ0v) is 9.36. The molecule has 16 heavy (non-hydrogen) atoms. The van der Waals surface area contributed by atoms with Crippen LogP contribution >= 0.6 is 11.8 Å². The minimum Gasteiger partial charge on any atom is -0.488 e. The summed E-state index contributed by atoms with van der Waals surface area (Å²) in [7, 11) is 0. The number of thioether (sulfide) groups is 1. The number of ether oxygens (including phenoxy) is 1. The van der Waals surface area contributed by atoms with Gasteiger partial charge in [0.05, 0.1) is 11.1 Å². The second kappa shape index (κ2) is 4.16. The lowest BCUT2D eigenvalue weighted by atomic mass is 10.3. The summed E-state index contributed by atoms with van der Waals surface area (Å²) >= 11 is 1.18. The van der Waals surface area contributed by atoms with Crippen molar-refractivity contribution in [1.82, 2.24) is 4.98 Å². The molecule has 2 rings (SSSR count). The van der Waals surface area contributed by atoms with E-state index in [1.807, 2.05) is 0 Å². The Morgan fingerprint density at radius 3 is 2.56 bits per heavy atom. The van der Waals surface area contributed by atoms with Crippen LogP contribution in [-0.2, 0) is 6.18 Å². The molecule has 1 aliphatic rings. The molecule has 0 bridgehead atoms. The molecule has 0 saturated heterocycles. The Morgan fingerprint density at radius 1 is 1.38 bits per heavy atom. The number of alkyl halides is 3. The predicted molar refractivity (Wildman–Crippen MR) is 54.7 cm³/mol. The number of rotatable bonds is 3. The maximum absolute atomic E-state index is 12.7. The number of nitrogens with zero attached hydrogens (tertiary/aromatic N) is 1. The first-order valence-electron chi connectivity index (χ1n) is 4.79. The summed E-state index contributed by atoms with van der Waals surface area (Å²) in [5.74, 6) is -0.159. The van der Waals surface area contributed by atoms with Gasteiger partial charge in [-0.2, -0.15) is 13.2 Å². The molecule has 0 aliphatic heterocycles. The molecule has 6 heteroatoms. The highest BCUT2D eigenvalue weighted by atomic mass is 32.2. The molecular weight excluding hydrogens is 239 g/mol. The molecule has 0 spiro atoms. The van der Waals surface area contributed by atoms with Gasteiger partial charge < -0.3 is 4.74 Å². The van der Waals surface area contributed by atoms with Gasteiger partial charge in [0.2, 0.25) is 0 Å². The monoisotopic (exact) mass is 249 g/mol. The predicted octanol–water partition coefficient (Wildman–Crippen LogP) is 3.36. The van der Waals surface area contributed by atoms with Gasteiger partial charge in [0.15, 0.2) is 11.4 Å². The molecule has 0 N–H and O–H groups in total. The minimum atomic E-state index is -4.46. The van der Waals surface area contributed by atoms with Crippen LogP contribution in [0.25, 0.3) is 0 Å². The summed E-state index contributed by atoms with van der Waals surface area (Å²) in [6.45, 7) is 0. The normalized spacial score (nSPS) is 16.2. The van der Waals surface area contributed by atoms with Gasteiger partial charge in [-0.15, -0.1) is 11.8 Å². The van der Waals surface area contributed by atoms with Crippen LogP contribution in [0.15, 0.2) is 17.2 Å². The average molecular weight is 249 g/mol. The van der Waals surface area contributed by atoms with E-state index in [0.717, 1.165) is 12.8 Å². The van der Waals surface area contributed by atoms with E-state index in [2.05, 4.69) is 4.98 Å². The van der Waals surface area contributed by atoms with Crippen molar-refractivity contribution in [3.8, 4) is 5.75 Å². The van der Waals surface area contributed by atoms with Gasteiger partial charge in [-0.05, 0) is 31.2 Å². The molecule has 0 amide bonds. The second-order valence-electron chi connectivity index (χ2n) is 3.52. The summed E-state index contributed by atoms with van der Waals surface area (Å²) in [5.41, 5.74) is -0.925. The van der Waals surface area contributed by atoms with Crippen LogP contribution in [0.2, 0.25) is 0 Å². The SMILES string of the molecule is CSc1ccc(OC2CC2)c(C(F)(F)F)n1. The molecule has 0 radical (unpaired) electrons. The van der Waals surface area contributed by atoms with Gasteiger partial charge in [0, 0.05) is 0 Å². The molecule has 0 unspecified atom stereocenters.